The van der Waals surface area contributed by atoms with Gasteiger partial charge in [-0.25, -0.2) is 9.67 Å². The standard InChI is InChI=1S/C15H11N5/c1-2-4-12(5-3-1)20-10-11(8-17-20)15-18-13-6-7-16-9-14(13)19-15/h1-10H,(H,18,19). The van der Waals surface area contributed by atoms with Crippen LogP contribution < -0.4 is 0 Å². The van der Waals surface area contributed by atoms with Crippen LogP contribution in [0.5, 0.6) is 0 Å². The van der Waals surface area contributed by atoms with Gasteiger partial charge < -0.3 is 4.98 Å². The Morgan fingerprint density at radius 3 is 2.75 bits per heavy atom. The highest BCUT2D eigenvalue weighted by atomic mass is 15.3. The Labute approximate surface area is 114 Å². The summed E-state index contributed by atoms with van der Waals surface area (Å²) in [6.45, 7) is 0. The summed E-state index contributed by atoms with van der Waals surface area (Å²) in [6, 6.07) is 11.9. The van der Waals surface area contributed by atoms with E-state index in [1.807, 2.05) is 47.3 Å². The third-order valence-corrected chi connectivity index (χ3v) is 3.16. The molecule has 4 aromatic rings. The lowest BCUT2D eigenvalue weighted by molar-refractivity contribution is 0.880. The minimum atomic E-state index is 0.801. The van der Waals surface area contributed by atoms with Crippen LogP contribution in [0.15, 0.2) is 61.2 Å². The highest BCUT2D eigenvalue weighted by molar-refractivity contribution is 5.78. The third-order valence-electron chi connectivity index (χ3n) is 3.16. The van der Waals surface area contributed by atoms with E-state index >= 15 is 0 Å². The van der Waals surface area contributed by atoms with Gasteiger partial charge in [-0.15, -0.1) is 0 Å². The molecule has 3 heterocycles. The zero-order valence-corrected chi connectivity index (χ0v) is 10.6. The van der Waals surface area contributed by atoms with Crippen molar-refractivity contribution in [2.24, 2.45) is 0 Å². The van der Waals surface area contributed by atoms with E-state index in [-0.39, 0.29) is 0 Å². The van der Waals surface area contributed by atoms with E-state index in [9.17, 15) is 0 Å². The fourth-order valence-corrected chi connectivity index (χ4v) is 2.16. The first-order chi connectivity index (χ1) is 9.90. The summed E-state index contributed by atoms with van der Waals surface area (Å²) in [4.78, 5) is 11.9. The molecule has 0 aliphatic rings. The minimum Gasteiger partial charge on any atom is -0.337 e. The first kappa shape index (κ1) is 10.9. The Kier molecular flexibility index (Phi) is 2.35. The van der Waals surface area contributed by atoms with Crippen molar-refractivity contribution in [1.29, 1.82) is 0 Å². The van der Waals surface area contributed by atoms with E-state index < -0.39 is 0 Å². The maximum absolute atomic E-state index is 4.54. The Bertz CT molecular complexity index is 827. The average molecular weight is 261 g/mol. The topological polar surface area (TPSA) is 59.4 Å². The van der Waals surface area contributed by atoms with Crippen LogP contribution in [0.3, 0.4) is 0 Å². The van der Waals surface area contributed by atoms with Crippen LogP contribution in [-0.2, 0) is 0 Å². The van der Waals surface area contributed by atoms with E-state index in [1.54, 1.807) is 18.6 Å². The fraction of sp³-hybridized carbons (Fsp3) is 0. The third kappa shape index (κ3) is 1.76. The van der Waals surface area contributed by atoms with Crippen molar-refractivity contribution in [3.63, 3.8) is 0 Å². The van der Waals surface area contributed by atoms with Gasteiger partial charge >= 0.3 is 0 Å². The number of benzene rings is 1. The van der Waals surface area contributed by atoms with Gasteiger partial charge in [0.15, 0.2) is 0 Å². The lowest BCUT2D eigenvalue weighted by Gasteiger charge is -1.98. The Morgan fingerprint density at radius 1 is 1.00 bits per heavy atom. The molecule has 0 saturated carbocycles. The van der Waals surface area contributed by atoms with E-state index in [0.717, 1.165) is 28.1 Å². The molecule has 0 bridgehead atoms. The van der Waals surface area contributed by atoms with Gasteiger partial charge in [0.25, 0.3) is 0 Å². The molecule has 0 fully saturated rings. The van der Waals surface area contributed by atoms with Gasteiger partial charge in [-0.3, -0.25) is 4.98 Å². The van der Waals surface area contributed by atoms with Gasteiger partial charge in [-0.1, -0.05) is 18.2 Å². The number of pyridine rings is 1. The molecule has 20 heavy (non-hydrogen) atoms. The summed E-state index contributed by atoms with van der Waals surface area (Å²) in [7, 11) is 0. The van der Waals surface area contributed by atoms with Crippen LogP contribution in [0.25, 0.3) is 28.1 Å². The van der Waals surface area contributed by atoms with Crippen molar-refractivity contribution in [2.75, 3.05) is 0 Å². The molecule has 0 aliphatic carbocycles. The smallest absolute Gasteiger partial charge is 0.141 e. The fourth-order valence-electron chi connectivity index (χ4n) is 2.16. The molecular weight excluding hydrogens is 250 g/mol. The van der Waals surface area contributed by atoms with Crippen LogP contribution in [-0.4, -0.2) is 24.7 Å². The lowest BCUT2D eigenvalue weighted by Crippen LogP contribution is -1.92. The summed E-state index contributed by atoms with van der Waals surface area (Å²) in [5, 5.41) is 4.37. The molecule has 96 valence electrons. The van der Waals surface area contributed by atoms with E-state index in [2.05, 4.69) is 20.1 Å². The number of nitrogens with one attached hydrogen (secondary N) is 1. The summed E-state index contributed by atoms with van der Waals surface area (Å²) in [6.07, 6.45) is 7.27. The number of para-hydroxylation sites is 1. The van der Waals surface area contributed by atoms with Crippen LogP contribution in [0.1, 0.15) is 0 Å². The van der Waals surface area contributed by atoms with Gasteiger partial charge in [0, 0.05) is 12.4 Å². The van der Waals surface area contributed by atoms with Crippen molar-refractivity contribution < 1.29 is 0 Å². The molecule has 0 saturated heterocycles. The van der Waals surface area contributed by atoms with Crippen LogP contribution >= 0.6 is 0 Å². The molecule has 5 nitrogen and oxygen atoms in total. The van der Waals surface area contributed by atoms with Crippen molar-refractivity contribution in [3.05, 3.63) is 61.2 Å². The average Bonchev–Trinajstić information content (AvgIpc) is 3.14. The zero-order chi connectivity index (χ0) is 13.4. The van der Waals surface area contributed by atoms with E-state index in [4.69, 9.17) is 0 Å². The molecule has 0 radical (unpaired) electrons. The second kappa shape index (κ2) is 4.31. The van der Waals surface area contributed by atoms with Crippen LogP contribution in [0, 0.1) is 0 Å². The van der Waals surface area contributed by atoms with Crippen LogP contribution in [0.2, 0.25) is 0 Å². The SMILES string of the molecule is c1ccc(-n2cc(-c3nc4ccncc4[nH]3)cn2)cc1. The first-order valence-electron chi connectivity index (χ1n) is 6.30. The summed E-state index contributed by atoms with van der Waals surface area (Å²) < 4.78 is 1.83. The predicted molar refractivity (Wildman–Crippen MR) is 76.4 cm³/mol. The van der Waals surface area contributed by atoms with Gasteiger partial charge in [-0.2, -0.15) is 5.10 Å². The molecule has 1 N–H and O–H groups in total. The highest BCUT2D eigenvalue weighted by Gasteiger charge is 2.08. The second-order valence-electron chi connectivity index (χ2n) is 4.49. The van der Waals surface area contributed by atoms with Crippen molar-refractivity contribution in [1.82, 2.24) is 24.7 Å². The molecule has 0 atom stereocenters. The summed E-state index contributed by atoms with van der Waals surface area (Å²) >= 11 is 0. The maximum Gasteiger partial charge on any atom is 0.141 e. The molecule has 0 aliphatic heterocycles. The Hall–Kier alpha value is -2.95. The van der Waals surface area contributed by atoms with Crippen molar-refractivity contribution in [3.8, 4) is 17.1 Å². The summed E-state index contributed by atoms with van der Waals surface area (Å²) in [5.74, 6) is 0.801. The first-order valence-corrected chi connectivity index (χ1v) is 6.30. The number of nitrogens with zero attached hydrogens (tertiary/aromatic N) is 4. The normalized spacial score (nSPS) is 11.0. The summed E-state index contributed by atoms with van der Waals surface area (Å²) in [5.41, 5.74) is 3.80. The number of hydrogen-bond donors (Lipinski definition) is 1. The number of aromatic nitrogens is 5. The van der Waals surface area contributed by atoms with E-state index in [0.29, 0.717) is 0 Å². The largest absolute Gasteiger partial charge is 0.337 e. The molecular formula is C15H11N5. The molecule has 3 aromatic heterocycles. The van der Waals surface area contributed by atoms with Gasteiger partial charge in [0.2, 0.25) is 0 Å². The van der Waals surface area contributed by atoms with Gasteiger partial charge in [-0.05, 0) is 18.2 Å². The van der Waals surface area contributed by atoms with Crippen LogP contribution in [0.4, 0.5) is 0 Å². The molecule has 4 rings (SSSR count). The monoisotopic (exact) mass is 261 g/mol. The van der Waals surface area contributed by atoms with Crippen molar-refractivity contribution in [2.45, 2.75) is 0 Å². The highest BCUT2D eigenvalue weighted by Crippen LogP contribution is 2.20. The Morgan fingerprint density at radius 2 is 1.90 bits per heavy atom. The molecule has 0 unspecified atom stereocenters. The molecule has 0 spiro atoms. The number of rotatable bonds is 2. The molecule has 1 aromatic carbocycles. The van der Waals surface area contributed by atoms with Crippen molar-refractivity contribution >= 4 is 11.0 Å². The Balaban J connectivity index is 1.78. The second-order valence-corrected chi connectivity index (χ2v) is 4.49. The lowest BCUT2D eigenvalue weighted by atomic mass is 10.3. The molecule has 0 amide bonds. The number of imidazole rings is 1. The minimum absolute atomic E-state index is 0.801. The number of hydrogen-bond acceptors (Lipinski definition) is 3. The van der Waals surface area contributed by atoms with E-state index in [1.165, 1.54) is 0 Å². The zero-order valence-electron chi connectivity index (χ0n) is 10.6. The maximum atomic E-state index is 4.54. The predicted octanol–water partition coefficient (Wildman–Crippen LogP) is 2.81. The quantitative estimate of drug-likeness (QED) is 0.603. The number of aromatic amines is 1. The number of H-pyrrole nitrogens is 1. The van der Waals surface area contributed by atoms with Gasteiger partial charge in [0.1, 0.15) is 5.82 Å². The number of fused-ring (bicyclic) bond motifs is 1. The van der Waals surface area contributed by atoms with Gasteiger partial charge in [0.05, 0.1) is 34.7 Å². The molecule has 5 heteroatoms.